The van der Waals surface area contributed by atoms with Gasteiger partial charge in [-0.2, -0.15) is 0 Å². The third-order valence-corrected chi connectivity index (χ3v) is 3.30. The Hall–Kier alpha value is -0.650. The molecule has 1 aliphatic heterocycles. The molecule has 0 spiro atoms. The fraction of sp³-hybridized carbons (Fsp3) is 0.923. The van der Waals surface area contributed by atoms with Gasteiger partial charge in [0.2, 0.25) is 0 Å². The highest BCUT2D eigenvalue weighted by Gasteiger charge is 2.30. The van der Waals surface area contributed by atoms with Crippen molar-refractivity contribution >= 4 is 5.97 Å². The number of hydrogen-bond donors (Lipinski definition) is 1. The summed E-state index contributed by atoms with van der Waals surface area (Å²) in [6.07, 6.45) is 2.48. The highest BCUT2D eigenvalue weighted by molar-refractivity contribution is 5.71. The second-order valence-electron chi connectivity index (χ2n) is 5.19. The molecule has 106 valence electrons. The molecule has 1 aliphatic rings. The third-order valence-electron chi connectivity index (χ3n) is 3.30. The topological polar surface area (TPSA) is 68.3 Å². The van der Waals surface area contributed by atoms with Crippen molar-refractivity contribution in [3.8, 4) is 0 Å². The highest BCUT2D eigenvalue weighted by Crippen LogP contribution is 2.22. The lowest BCUT2D eigenvalue weighted by Gasteiger charge is -2.28. The van der Waals surface area contributed by atoms with Crippen molar-refractivity contribution in [3.63, 3.8) is 0 Å². The lowest BCUT2D eigenvalue weighted by atomic mass is 9.95. The van der Waals surface area contributed by atoms with Crippen LogP contribution in [0.4, 0.5) is 0 Å². The van der Waals surface area contributed by atoms with Crippen LogP contribution in [0.2, 0.25) is 0 Å². The van der Waals surface area contributed by atoms with Crippen LogP contribution in [0.15, 0.2) is 0 Å². The summed E-state index contributed by atoms with van der Waals surface area (Å²) in [4.78, 5) is 11.2. The van der Waals surface area contributed by atoms with Gasteiger partial charge in [0, 0.05) is 0 Å². The predicted molar refractivity (Wildman–Crippen MR) is 66.2 cm³/mol. The monoisotopic (exact) mass is 260 g/mol. The standard InChI is InChI=1S/C13H24O5/c1-10(12(15)16-3)5-4-6-13(2,9-14)18-8-11-7-17-11/h10-11,14H,4-9H2,1-3H3. The number of esters is 1. The molecule has 3 unspecified atom stereocenters. The molecule has 3 atom stereocenters. The second-order valence-corrected chi connectivity index (χ2v) is 5.19. The molecule has 1 heterocycles. The maximum absolute atomic E-state index is 11.2. The van der Waals surface area contributed by atoms with Crippen LogP contribution < -0.4 is 0 Å². The minimum absolute atomic E-state index is 0.0215. The second kappa shape index (κ2) is 7.07. The summed E-state index contributed by atoms with van der Waals surface area (Å²) in [6, 6.07) is 0. The summed E-state index contributed by atoms with van der Waals surface area (Å²) in [5.41, 5.74) is -0.540. The molecule has 0 bridgehead atoms. The van der Waals surface area contributed by atoms with Gasteiger partial charge in [-0.15, -0.1) is 0 Å². The first-order valence-electron chi connectivity index (χ1n) is 6.45. The van der Waals surface area contributed by atoms with Gasteiger partial charge in [-0.25, -0.2) is 0 Å². The SMILES string of the molecule is COC(=O)C(C)CCCC(C)(CO)OCC1CO1. The Morgan fingerprint density at radius 2 is 2.28 bits per heavy atom. The number of ether oxygens (including phenoxy) is 3. The summed E-state index contributed by atoms with van der Waals surface area (Å²) < 4.78 is 15.4. The summed E-state index contributed by atoms with van der Waals surface area (Å²) >= 11 is 0. The van der Waals surface area contributed by atoms with Crippen molar-refractivity contribution in [2.45, 2.75) is 44.8 Å². The van der Waals surface area contributed by atoms with E-state index in [9.17, 15) is 9.90 Å². The quantitative estimate of drug-likeness (QED) is 0.497. The van der Waals surface area contributed by atoms with E-state index in [0.717, 1.165) is 25.9 Å². The molecule has 5 heteroatoms. The largest absolute Gasteiger partial charge is 0.469 e. The van der Waals surface area contributed by atoms with Crippen molar-refractivity contribution in [3.05, 3.63) is 0 Å². The molecular weight excluding hydrogens is 236 g/mol. The summed E-state index contributed by atoms with van der Waals surface area (Å²) in [5.74, 6) is -0.294. The Kier molecular flexibility index (Phi) is 6.05. The smallest absolute Gasteiger partial charge is 0.308 e. The van der Waals surface area contributed by atoms with Crippen molar-refractivity contribution in [2.24, 2.45) is 5.92 Å². The maximum atomic E-state index is 11.2. The maximum Gasteiger partial charge on any atom is 0.308 e. The molecule has 1 saturated heterocycles. The van der Waals surface area contributed by atoms with Crippen LogP contribution in [0.5, 0.6) is 0 Å². The molecule has 0 aromatic carbocycles. The van der Waals surface area contributed by atoms with Gasteiger partial charge in [0.05, 0.1) is 38.4 Å². The molecule has 0 amide bonds. The first-order valence-corrected chi connectivity index (χ1v) is 6.45. The first kappa shape index (κ1) is 15.4. The lowest BCUT2D eigenvalue weighted by Crippen LogP contribution is -2.34. The molecular formula is C13H24O5. The van der Waals surface area contributed by atoms with Gasteiger partial charge in [0.15, 0.2) is 0 Å². The summed E-state index contributed by atoms with van der Waals surface area (Å²) in [6.45, 7) is 5.00. The van der Waals surface area contributed by atoms with Crippen LogP contribution in [0.3, 0.4) is 0 Å². The molecule has 0 aromatic heterocycles. The van der Waals surface area contributed by atoms with Gasteiger partial charge < -0.3 is 19.3 Å². The van der Waals surface area contributed by atoms with E-state index in [1.54, 1.807) is 0 Å². The highest BCUT2D eigenvalue weighted by atomic mass is 16.6. The van der Waals surface area contributed by atoms with Crippen LogP contribution in [-0.4, -0.2) is 49.7 Å². The number of epoxide rings is 1. The fourth-order valence-corrected chi connectivity index (χ4v) is 1.76. The van der Waals surface area contributed by atoms with E-state index >= 15 is 0 Å². The third kappa shape index (κ3) is 5.33. The molecule has 0 saturated carbocycles. The van der Waals surface area contributed by atoms with Crippen LogP contribution >= 0.6 is 0 Å². The molecule has 18 heavy (non-hydrogen) atoms. The van der Waals surface area contributed by atoms with Crippen LogP contribution in [0, 0.1) is 5.92 Å². The minimum Gasteiger partial charge on any atom is -0.469 e. The van der Waals surface area contributed by atoms with E-state index < -0.39 is 5.60 Å². The fourth-order valence-electron chi connectivity index (χ4n) is 1.76. The Morgan fingerprint density at radius 1 is 1.61 bits per heavy atom. The number of carbonyl (C=O) groups excluding carboxylic acids is 1. The van der Waals surface area contributed by atoms with E-state index in [4.69, 9.17) is 9.47 Å². The zero-order valence-electron chi connectivity index (χ0n) is 11.5. The van der Waals surface area contributed by atoms with Gasteiger partial charge in [-0.1, -0.05) is 6.92 Å². The van der Waals surface area contributed by atoms with Gasteiger partial charge in [0.1, 0.15) is 6.10 Å². The van der Waals surface area contributed by atoms with E-state index in [-0.39, 0.29) is 24.6 Å². The molecule has 5 nitrogen and oxygen atoms in total. The molecule has 0 aliphatic carbocycles. The number of hydrogen-bond acceptors (Lipinski definition) is 5. The summed E-state index contributed by atoms with van der Waals surface area (Å²) in [5, 5.41) is 9.38. The normalized spacial score (nSPS) is 23.2. The van der Waals surface area contributed by atoms with Crippen molar-refractivity contribution in [2.75, 3.05) is 26.9 Å². The number of methoxy groups -OCH3 is 1. The van der Waals surface area contributed by atoms with Crippen LogP contribution in [0.25, 0.3) is 0 Å². The lowest BCUT2D eigenvalue weighted by molar-refractivity contribution is -0.145. The first-order chi connectivity index (χ1) is 8.50. The van der Waals surface area contributed by atoms with Gasteiger partial charge in [-0.3, -0.25) is 4.79 Å². The van der Waals surface area contributed by atoms with E-state index in [0.29, 0.717) is 6.61 Å². The van der Waals surface area contributed by atoms with Gasteiger partial charge in [-0.05, 0) is 26.2 Å². The average molecular weight is 260 g/mol. The molecule has 0 aromatic rings. The van der Waals surface area contributed by atoms with Crippen LogP contribution in [0.1, 0.15) is 33.1 Å². The van der Waals surface area contributed by atoms with Crippen molar-refractivity contribution in [1.82, 2.24) is 0 Å². The number of carbonyl (C=O) groups is 1. The number of aliphatic hydroxyl groups excluding tert-OH is 1. The molecule has 1 rings (SSSR count). The zero-order valence-corrected chi connectivity index (χ0v) is 11.5. The van der Waals surface area contributed by atoms with Gasteiger partial charge >= 0.3 is 5.97 Å². The number of aliphatic hydroxyl groups is 1. The Morgan fingerprint density at radius 3 is 2.78 bits per heavy atom. The van der Waals surface area contributed by atoms with E-state index in [2.05, 4.69) is 4.74 Å². The Bertz CT molecular complexity index is 264. The zero-order chi connectivity index (χ0) is 13.6. The number of rotatable bonds is 9. The summed E-state index contributed by atoms with van der Waals surface area (Å²) in [7, 11) is 1.40. The molecule has 1 N–H and O–H groups in total. The minimum atomic E-state index is -0.540. The van der Waals surface area contributed by atoms with Crippen LogP contribution in [-0.2, 0) is 19.0 Å². The predicted octanol–water partition coefficient (Wildman–Crippen LogP) is 1.13. The van der Waals surface area contributed by atoms with E-state index in [1.807, 2.05) is 13.8 Å². The van der Waals surface area contributed by atoms with E-state index in [1.165, 1.54) is 7.11 Å². The molecule has 0 radical (unpaired) electrons. The van der Waals surface area contributed by atoms with Crippen molar-refractivity contribution < 1.29 is 24.1 Å². The Balaban J connectivity index is 2.22. The van der Waals surface area contributed by atoms with Crippen molar-refractivity contribution in [1.29, 1.82) is 0 Å². The average Bonchev–Trinajstić information content (AvgIpc) is 3.19. The van der Waals surface area contributed by atoms with Gasteiger partial charge in [0.25, 0.3) is 0 Å². The Labute approximate surface area is 108 Å². The molecule has 1 fully saturated rings.